The molecule has 2 N–H and O–H groups in total. The molecule has 1 aromatic rings. The summed E-state index contributed by atoms with van der Waals surface area (Å²) >= 11 is 1.92. The fourth-order valence-corrected chi connectivity index (χ4v) is 3.28. The van der Waals surface area contributed by atoms with Crippen LogP contribution >= 0.6 is 0 Å². The third-order valence-corrected chi connectivity index (χ3v) is 4.55. The molecule has 2 aliphatic heterocycles. The summed E-state index contributed by atoms with van der Waals surface area (Å²) in [5.41, 5.74) is 1.32. The molecule has 2 saturated heterocycles. The molecule has 2 heterocycles. The molecular weight excluding hydrogens is 300 g/mol. The fraction of sp³-hybridized carbons (Fsp3) is 0.600. The first-order valence-corrected chi connectivity index (χ1v) is 8.12. The topological polar surface area (TPSA) is 42.5 Å². The SMILES string of the molecule is [Cl-].[Mg+][c]1ccc(C(C2CNCCO2)C2CNCCO2)cc1. The molecule has 0 radical (unpaired) electrons. The predicted molar refractivity (Wildman–Crippen MR) is 79.8 cm³/mol. The first-order chi connectivity index (χ1) is 9.84. The Morgan fingerprint density at radius 1 is 0.952 bits per heavy atom. The quantitative estimate of drug-likeness (QED) is 0.568. The Bertz CT molecular complexity index is 402. The Labute approximate surface area is 145 Å². The zero-order chi connectivity index (χ0) is 13.8. The summed E-state index contributed by atoms with van der Waals surface area (Å²) in [4.78, 5) is 0. The first kappa shape index (κ1) is 17.5. The molecule has 4 nitrogen and oxygen atoms in total. The van der Waals surface area contributed by atoms with Crippen molar-refractivity contribution in [2.75, 3.05) is 39.4 Å². The standard InChI is InChI=1S/C15H21N2O2.ClH.Mg/c1-2-4-12(5-3-1)15(13-10-16-6-8-18-13)14-11-17-7-9-19-14;;/h2-5,13-17H,6-11H2;1H;/q;;+1/p-1. The summed E-state index contributed by atoms with van der Waals surface area (Å²) in [7, 11) is 0. The molecule has 0 spiro atoms. The summed E-state index contributed by atoms with van der Waals surface area (Å²) in [6.07, 6.45) is 0.387. The number of hydrogen-bond donors (Lipinski definition) is 2. The van der Waals surface area contributed by atoms with E-state index in [1.54, 1.807) is 0 Å². The third kappa shape index (κ3) is 4.54. The Balaban J connectivity index is 0.00000161. The number of rotatable bonds is 3. The zero-order valence-electron chi connectivity index (χ0n) is 12.2. The van der Waals surface area contributed by atoms with Crippen LogP contribution in [0.25, 0.3) is 0 Å². The van der Waals surface area contributed by atoms with Gasteiger partial charge in [-0.25, -0.2) is 0 Å². The molecule has 0 aromatic heterocycles. The van der Waals surface area contributed by atoms with E-state index in [9.17, 15) is 0 Å². The van der Waals surface area contributed by atoms with Crippen molar-refractivity contribution in [2.24, 2.45) is 0 Å². The zero-order valence-corrected chi connectivity index (χ0v) is 14.4. The van der Waals surface area contributed by atoms with E-state index < -0.39 is 0 Å². The van der Waals surface area contributed by atoms with Gasteiger partial charge in [0.1, 0.15) is 0 Å². The molecular formula is C15H21ClMgN2O2. The van der Waals surface area contributed by atoms with Crippen molar-refractivity contribution >= 4 is 25.4 Å². The minimum absolute atomic E-state index is 0. The van der Waals surface area contributed by atoms with Crippen LogP contribution in [0.15, 0.2) is 24.3 Å². The Morgan fingerprint density at radius 2 is 1.48 bits per heavy atom. The van der Waals surface area contributed by atoms with E-state index in [0.29, 0.717) is 5.92 Å². The van der Waals surface area contributed by atoms with Crippen molar-refractivity contribution in [3.05, 3.63) is 29.8 Å². The van der Waals surface area contributed by atoms with E-state index >= 15 is 0 Å². The molecule has 112 valence electrons. The van der Waals surface area contributed by atoms with Crippen LogP contribution in [0, 0.1) is 0 Å². The molecule has 6 heteroatoms. The molecule has 1 aromatic carbocycles. The maximum absolute atomic E-state index is 6.01. The molecule has 2 aliphatic rings. The Kier molecular flexibility index (Phi) is 7.21. The number of nitrogens with one attached hydrogen (secondary N) is 2. The van der Waals surface area contributed by atoms with Crippen LogP contribution in [0.4, 0.5) is 0 Å². The molecule has 0 amide bonds. The van der Waals surface area contributed by atoms with Gasteiger partial charge in [-0.15, -0.1) is 0 Å². The molecule has 0 aliphatic carbocycles. The number of ether oxygens (including phenoxy) is 2. The molecule has 2 atom stereocenters. The van der Waals surface area contributed by atoms with Crippen LogP contribution in [0.1, 0.15) is 11.5 Å². The number of morpholine rings is 2. The average molecular weight is 321 g/mol. The summed E-state index contributed by atoms with van der Waals surface area (Å²) in [5.74, 6) is 0.291. The molecule has 3 rings (SSSR count). The normalized spacial score (nSPS) is 27.7. The van der Waals surface area contributed by atoms with Crippen LogP contribution in [-0.4, -0.2) is 73.3 Å². The number of benzene rings is 1. The van der Waals surface area contributed by atoms with Gasteiger partial charge in [0.05, 0.1) is 0 Å². The first-order valence-electron chi connectivity index (χ1n) is 7.41. The Hall–Kier alpha value is 0.116. The molecule has 2 fully saturated rings. The van der Waals surface area contributed by atoms with Gasteiger partial charge in [-0.05, 0) is 0 Å². The van der Waals surface area contributed by atoms with Gasteiger partial charge < -0.3 is 12.4 Å². The monoisotopic (exact) mass is 320 g/mol. The van der Waals surface area contributed by atoms with Crippen molar-refractivity contribution in [3.63, 3.8) is 0 Å². The van der Waals surface area contributed by atoms with Crippen LogP contribution < -0.4 is 26.7 Å². The van der Waals surface area contributed by atoms with Gasteiger partial charge in [-0.3, -0.25) is 0 Å². The number of halogens is 1. The van der Waals surface area contributed by atoms with Crippen molar-refractivity contribution < 1.29 is 21.9 Å². The summed E-state index contributed by atoms with van der Waals surface area (Å²) < 4.78 is 13.3. The van der Waals surface area contributed by atoms with Crippen LogP contribution in [0.3, 0.4) is 0 Å². The van der Waals surface area contributed by atoms with Gasteiger partial charge in [0.25, 0.3) is 0 Å². The van der Waals surface area contributed by atoms with Crippen molar-refractivity contribution in [3.8, 4) is 0 Å². The van der Waals surface area contributed by atoms with Crippen molar-refractivity contribution in [2.45, 2.75) is 18.1 Å². The fourth-order valence-electron chi connectivity index (χ4n) is 3.04. The van der Waals surface area contributed by atoms with Gasteiger partial charge in [0.15, 0.2) is 0 Å². The van der Waals surface area contributed by atoms with Gasteiger partial charge in [0.2, 0.25) is 0 Å². The van der Waals surface area contributed by atoms with Gasteiger partial charge in [0, 0.05) is 0 Å². The van der Waals surface area contributed by atoms with Gasteiger partial charge in [-0.2, -0.15) is 0 Å². The van der Waals surface area contributed by atoms with Crippen molar-refractivity contribution in [1.82, 2.24) is 10.6 Å². The Morgan fingerprint density at radius 3 is 1.90 bits per heavy atom. The van der Waals surface area contributed by atoms with E-state index in [1.165, 1.54) is 9.26 Å². The average Bonchev–Trinajstić information content (AvgIpc) is 2.52. The minimum atomic E-state index is 0. The van der Waals surface area contributed by atoms with E-state index in [1.807, 2.05) is 21.7 Å². The predicted octanol–water partition coefficient (Wildman–Crippen LogP) is -3.46. The maximum atomic E-state index is 6.01. The van der Waals surface area contributed by atoms with Gasteiger partial charge >= 0.3 is 133 Å². The molecule has 0 bridgehead atoms. The second kappa shape index (κ2) is 8.67. The summed E-state index contributed by atoms with van der Waals surface area (Å²) in [6.45, 7) is 5.27. The van der Waals surface area contributed by atoms with E-state index in [-0.39, 0.29) is 24.6 Å². The molecule has 21 heavy (non-hydrogen) atoms. The molecule has 2 unspecified atom stereocenters. The van der Waals surface area contributed by atoms with Crippen molar-refractivity contribution in [1.29, 1.82) is 0 Å². The van der Waals surface area contributed by atoms with Gasteiger partial charge in [-0.1, -0.05) is 0 Å². The second-order valence-corrected chi connectivity index (χ2v) is 6.31. The molecule has 0 saturated carbocycles. The number of hydrogen-bond acceptors (Lipinski definition) is 4. The third-order valence-electron chi connectivity index (χ3n) is 4.08. The summed E-state index contributed by atoms with van der Waals surface area (Å²) in [5, 5.41) is 6.87. The van der Waals surface area contributed by atoms with Crippen LogP contribution in [-0.2, 0) is 9.47 Å². The van der Waals surface area contributed by atoms with E-state index in [2.05, 4.69) is 34.9 Å². The van der Waals surface area contributed by atoms with E-state index in [0.717, 1.165) is 39.4 Å². The van der Waals surface area contributed by atoms with E-state index in [4.69, 9.17) is 9.47 Å². The second-order valence-electron chi connectivity index (χ2n) is 5.49. The van der Waals surface area contributed by atoms with Crippen LogP contribution in [0.5, 0.6) is 0 Å². The summed E-state index contributed by atoms with van der Waals surface area (Å²) in [6, 6.07) is 8.83. The van der Waals surface area contributed by atoms with Crippen LogP contribution in [0.2, 0.25) is 0 Å².